The van der Waals surface area contributed by atoms with E-state index < -0.39 is 0 Å². The van der Waals surface area contributed by atoms with E-state index in [0.717, 1.165) is 36.5 Å². The van der Waals surface area contributed by atoms with Gasteiger partial charge in [0.2, 0.25) is 5.95 Å². The fourth-order valence-electron chi connectivity index (χ4n) is 3.70. The van der Waals surface area contributed by atoms with Gasteiger partial charge in [0.15, 0.2) is 5.52 Å². The summed E-state index contributed by atoms with van der Waals surface area (Å²) in [6.07, 6.45) is 5.65. The molecule has 0 unspecified atom stereocenters. The Labute approximate surface area is 152 Å². The average molecular weight is 352 g/mol. The molecule has 3 aromatic heterocycles. The number of hydrogen-bond donors (Lipinski definition) is 0. The Bertz CT molecular complexity index is 1000. The molecule has 136 valence electrons. The second-order valence-corrected chi connectivity index (χ2v) is 7.32. The minimum Gasteiger partial charge on any atom is -0.334 e. The van der Waals surface area contributed by atoms with Crippen LogP contribution in [0.3, 0.4) is 0 Å². The highest BCUT2D eigenvalue weighted by molar-refractivity contribution is 5.47. The predicted octanol–water partition coefficient (Wildman–Crippen LogP) is 2.60. The topological polar surface area (TPSA) is 68.3 Å². The van der Waals surface area contributed by atoms with E-state index in [4.69, 9.17) is 5.10 Å². The van der Waals surface area contributed by atoms with Crippen molar-refractivity contribution in [2.24, 2.45) is 7.05 Å². The van der Waals surface area contributed by atoms with Gasteiger partial charge in [-0.05, 0) is 31.4 Å². The fraction of sp³-hybridized carbons (Fsp3) is 0.474. The molecule has 1 aliphatic rings. The van der Waals surface area contributed by atoms with Gasteiger partial charge in [-0.2, -0.15) is 0 Å². The third kappa shape index (κ3) is 2.58. The van der Waals surface area contributed by atoms with Gasteiger partial charge >= 0.3 is 0 Å². The second kappa shape index (κ2) is 6.23. The standard InChI is InChI=1S/C19H24N6O/c1-12(2)17-21-11-16-18(26)23(4)19(22-25(16)17)24-9-5-6-15(24)14-8-7-13(3)20-10-14/h7-8,10-12,15H,5-6,9H2,1-4H3/t15-/m0/s1. The van der Waals surface area contributed by atoms with Gasteiger partial charge in [0.1, 0.15) is 5.82 Å². The zero-order valence-electron chi connectivity index (χ0n) is 15.7. The van der Waals surface area contributed by atoms with Crippen molar-refractivity contribution in [1.29, 1.82) is 0 Å². The van der Waals surface area contributed by atoms with Crippen LogP contribution >= 0.6 is 0 Å². The summed E-state index contributed by atoms with van der Waals surface area (Å²) in [4.78, 5) is 23.9. The highest BCUT2D eigenvalue weighted by atomic mass is 16.1. The van der Waals surface area contributed by atoms with Gasteiger partial charge in [0.05, 0.1) is 12.2 Å². The van der Waals surface area contributed by atoms with Crippen molar-refractivity contribution < 1.29 is 0 Å². The third-order valence-corrected chi connectivity index (χ3v) is 5.12. The van der Waals surface area contributed by atoms with Crippen LogP contribution in [-0.2, 0) is 7.05 Å². The van der Waals surface area contributed by atoms with Gasteiger partial charge in [-0.3, -0.25) is 14.3 Å². The van der Waals surface area contributed by atoms with Crippen molar-refractivity contribution in [2.45, 2.75) is 45.6 Å². The van der Waals surface area contributed by atoms with E-state index >= 15 is 0 Å². The van der Waals surface area contributed by atoms with Crippen LogP contribution in [0, 0.1) is 6.92 Å². The lowest BCUT2D eigenvalue weighted by molar-refractivity contribution is 0.633. The molecule has 0 spiro atoms. The van der Waals surface area contributed by atoms with Gasteiger partial charge < -0.3 is 4.90 Å². The molecule has 0 N–H and O–H groups in total. The zero-order valence-corrected chi connectivity index (χ0v) is 15.7. The van der Waals surface area contributed by atoms with Gasteiger partial charge in [-0.15, -0.1) is 5.10 Å². The minimum atomic E-state index is -0.0675. The largest absolute Gasteiger partial charge is 0.334 e. The average Bonchev–Trinajstić information content (AvgIpc) is 3.25. The van der Waals surface area contributed by atoms with Crippen molar-refractivity contribution in [3.8, 4) is 0 Å². The molecule has 4 rings (SSSR count). The van der Waals surface area contributed by atoms with E-state index in [1.807, 2.05) is 19.2 Å². The molecule has 0 radical (unpaired) electrons. The molecule has 7 nitrogen and oxygen atoms in total. The third-order valence-electron chi connectivity index (χ3n) is 5.12. The van der Waals surface area contributed by atoms with E-state index in [0.29, 0.717) is 11.5 Å². The quantitative estimate of drug-likeness (QED) is 0.725. The molecular formula is C19H24N6O. The Morgan fingerprint density at radius 2 is 2.00 bits per heavy atom. The Balaban J connectivity index is 1.84. The van der Waals surface area contributed by atoms with Crippen LogP contribution in [-0.4, -0.2) is 30.7 Å². The Morgan fingerprint density at radius 1 is 1.19 bits per heavy atom. The van der Waals surface area contributed by atoms with E-state index in [1.165, 1.54) is 0 Å². The van der Waals surface area contributed by atoms with Gasteiger partial charge in [-0.1, -0.05) is 19.9 Å². The van der Waals surface area contributed by atoms with Gasteiger partial charge in [-0.25, -0.2) is 9.50 Å². The fourth-order valence-corrected chi connectivity index (χ4v) is 3.70. The van der Waals surface area contributed by atoms with E-state index in [-0.39, 0.29) is 17.5 Å². The summed E-state index contributed by atoms with van der Waals surface area (Å²) in [5.41, 5.74) is 2.62. The van der Waals surface area contributed by atoms with Gasteiger partial charge in [0, 0.05) is 31.4 Å². The maximum atomic E-state index is 12.9. The van der Waals surface area contributed by atoms with Crippen LogP contribution in [0.2, 0.25) is 0 Å². The van der Waals surface area contributed by atoms with E-state index in [9.17, 15) is 4.79 Å². The molecule has 0 amide bonds. The smallest absolute Gasteiger partial charge is 0.280 e. The number of hydrogen-bond acceptors (Lipinski definition) is 5. The summed E-state index contributed by atoms with van der Waals surface area (Å²) < 4.78 is 3.35. The minimum absolute atomic E-state index is 0.0675. The first-order valence-electron chi connectivity index (χ1n) is 9.11. The molecule has 0 aliphatic carbocycles. The molecule has 1 saturated heterocycles. The number of aryl methyl sites for hydroxylation is 1. The highest BCUT2D eigenvalue weighted by Gasteiger charge is 2.30. The van der Waals surface area contributed by atoms with Crippen molar-refractivity contribution in [1.82, 2.24) is 24.1 Å². The normalized spacial score (nSPS) is 17.6. The SMILES string of the molecule is Cc1ccc([C@@H]2CCCN2c2nn3c(C(C)C)ncc3c(=O)n2C)cn1. The maximum Gasteiger partial charge on any atom is 0.280 e. The molecule has 3 aromatic rings. The Morgan fingerprint density at radius 3 is 2.69 bits per heavy atom. The lowest BCUT2D eigenvalue weighted by Crippen LogP contribution is -2.33. The molecule has 0 aromatic carbocycles. The van der Waals surface area contributed by atoms with Crippen LogP contribution in [0.15, 0.2) is 29.3 Å². The predicted molar refractivity (Wildman–Crippen MR) is 101 cm³/mol. The van der Waals surface area contributed by atoms with Crippen LogP contribution in [0.25, 0.3) is 5.52 Å². The molecule has 1 atom stereocenters. The number of nitrogens with zero attached hydrogens (tertiary/aromatic N) is 6. The summed E-state index contributed by atoms with van der Waals surface area (Å²) in [5, 5.41) is 4.81. The van der Waals surface area contributed by atoms with Crippen LogP contribution in [0.4, 0.5) is 5.95 Å². The summed E-state index contributed by atoms with van der Waals surface area (Å²) in [6.45, 7) is 6.98. The van der Waals surface area contributed by atoms with Crippen molar-refractivity contribution in [3.05, 3.63) is 52.0 Å². The number of imidazole rings is 1. The van der Waals surface area contributed by atoms with Crippen molar-refractivity contribution in [3.63, 3.8) is 0 Å². The molecule has 1 fully saturated rings. The summed E-state index contributed by atoms with van der Waals surface area (Å²) in [7, 11) is 1.79. The van der Waals surface area contributed by atoms with E-state index in [1.54, 1.807) is 22.3 Å². The molecule has 0 bridgehead atoms. The second-order valence-electron chi connectivity index (χ2n) is 7.32. The first kappa shape index (κ1) is 16.8. The summed E-state index contributed by atoms with van der Waals surface area (Å²) in [5.74, 6) is 1.69. The van der Waals surface area contributed by atoms with Crippen LogP contribution in [0.1, 0.15) is 55.7 Å². The monoisotopic (exact) mass is 352 g/mol. The Hall–Kier alpha value is -2.70. The van der Waals surface area contributed by atoms with E-state index in [2.05, 4.69) is 34.8 Å². The van der Waals surface area contributed by atoms with Gasteiger partial charge in [0.25, 0.3) is 5.56 Å². The summed E-state index contributed by atoms with van der Waals surface area (Å²) >= 11 is 0. The molecule has 1 aliphatic heterocycles. The molecule has 7 heteroatoms. The maximum absolute atomic E-state index is 12.9. The number of fused-ring (bicyclic) bond motifs is 1. The van der Waals surface area contributed by atoms with Crippen LogP contribution < -0.4 is 10.5 Å². The van der Waals surface area contributed by atoms with Crippen molar-refractivity contribution >= 4 is 11.5 Å². The summed E-state index contributed by atoms with van der Waals surface area (Å²) in [6, 6.07) is 4.34. The number of aromatic nitrogens is 5. The number of anilines is 1. The first-order valence-corrected chi connectivity index (χ1v) is 9.11. The highest BCUT2D eigenvalue weighted by Crippen LogP contribution is 2.34. The molecule has 4 heterocycles. The van der Waals surface area contributed by atoms with Crippen molar-refractivity contribution in [2.75, 3.05) is 11.4 Å². The molecular weight excluding hydrogens is 328 g/mol. The Kier molecular flexibility index (Phi) is 4.01. The molecule has 0 saturated carbocycles. The lowest BCUT2D eigenvalue weighted by Gasteiger charge is -2.27. The first-order chi connectivity index (χ1) is 12.5. The number of pyridine rings is 1. The number of rotatable bonds is 3. The lowest BCUT2D eigenvalue weighted by atomic mass is 10.1. The van der Waals surface area contributed by atoms with Crippen LogP contribution in [0.5, 0.6) is 0 Å². The molecule has 26 heavy (non-hydrogen) atoms. The zero-order chi connectivity index (χ0) is 18.4.